The number of ketones is 1. The lowest BCUT2D eigenvalue weighted by Crippen LogP contribution is -2.40. The van der Waals surface area contributed by atoms with Crippen molar-refractivity contribution in [1.29, 1.82) is 0 Å². The summed E-state index contributed by atoms with van der Waals surface area (Å²) >= 11 is 0. The molecule has 0 spiro atoms. The van der Waals surface area contributed by atoms with Gasteiger partial charge in [-0.25, -0.2) is 0 Å². The third-order valence-electron chi connectivity index (χ3n) is 4.13. The summed E-state index contributed by atoms with van der Waals surface area (Å²) in [4.78, 5) is 38.4. The molecular weight excluding hydrogens is 404 g/mol. The molecule has 1 rings (SSSR count). The summed E-state index contributed by atoms with van der Waals surface area (Å²) in [5.41, 5.74) is 9.01. The Hall–Kier alpha value is -2.94. The number of carbonyl (C=O) groups is 3. The van der Waals surface area contributed by atoms with Crippen molar-refractivity contribution >= 4 is 17.7 Å². The highest BCUT2D eigenvalue weighted by molar-refractivity contribution is 5.88. The van der Waals surface area contributed by atoms with E-state index in [2.05, 4.69) is 15.3 Å². The molecule has 10 nitrogen and oxygen atoms in total. The standard InChI is InChI=1S/C21H30N4O6/c1-17(26)24-19(9-10-21(28)31-16-18-6-3-2-4-7-18)20(27)8-5-12-29-14-15-30-13-11-23-25-22/h2-4,6-7,19H,5,8-16H2,1H3,(H,24,26)/t19-/m0/s1. The lowest BCUT2D eigenvalue weighted by Gasteiger charge is -2.16. The summed E-state index contributed by atoms with van der Waals surface area (Å²) in [7, 11) is 0. The zero-order valence-corrected chi connectivity index (χ0v) is 17.8. The van der Waals surface area contributed by atoms with Crippen LogP contribution in [0, 0.1) is 0 Å². The number of hydrogen-bond donors (Lipinski definition) is 1. The first-order chi connectivity index (χ1) is 15.0. The van der Waals surface area contributed by atoms with Crippen LogP contribution in [0.1, 0.15) is 38.2 Å². The minimum atomic E-state index is -0.731. The molecule has 0 fully saturated rings. The fraction of sp³-hybridized carbons (Fsp3) is 0.571. The van der Waals surface area contributed by atoms with Crippen molar-refractivity contribution in [1.82, 2.24) is 5.32 Å². The molecule has 0 aromatic heterocycles. The second-order valence-corrected chi connectivity index (χ2v) is 6.69. The molecular formula is C21H30N4O6. The number of esters is 1. The Morgan fingerprint density at radius 2 is 1.77 bits per heavy atom. The Kier molecular flexibility index (Phi) is 14.2. The van der Waals surface area contributed by atoms with Crippen LogP contribution >= 0.6 is 0 Å². The van der Waals surface area contributed by atoms with Crippen molar-refractivity contribution in [3.63, 3.8) is 0 Å². The third kappa shape index (κ3) is 13.8. The molecule has 0 radical (unpaired) electrons. The van der Waals surface area contributed by atoms with E-state index in [9.17, 15) is 14.4 Å². The lowest BCUT2D eigenvalue weighted by molar-refractivity contribution is -0.145. The van der Waals surface area contributed by atoms with Crippen molar-refractivity contribution in [3.05, 3.63) is 46.3 Å². The van der Waals surface area contributed by atoms with Crippen LogP contribution in [-0.4, -0.2) is 56.7 Å². The van der Waals surface area contributed by atoms with Gasteiger partial charge in [0.1, 0.15) is 6.61 Å². The third-order valence-corrected chi connectivity index (χ3v) is 4.13. The smallest absolute Gasteiger partial charge is 0.306 e. The first-order valence-corrected chi connectivity index (χ1v) is 10.2. The molecule has 1 aromatic carbocycles. The number of nitrogens with zero attached hydrogens (tertiary/aromatic N) is 3. The maximum atomic E-state index is 12.4. The normalized spacial score (nSPS) is 11.3. The molecule has 0 aliphatic carbocycles. The molecule has 0 aliphatic rings. The van der Waals surface area contributed by atoms with Gasteiger partial charge < -0.3 is 19.5 Å². The number of carbonyl (C=O) groups excluding carboxylic acids is 3. The van der Waals surface area contributed by atoms with Gasteiger partial charge in [-0.3, -0.25) is 14.4 Å². The van der Waals surface area contributed by atoms with Gasteiger partial charge in [-0.15, -0.1) is 0 Å². The zero-order valence-electron chi connectivity index (χ0n) is 17.8. The van der Waals surface area contributed by atoms with Gasteiger partial charge in [0.05, 0.1) is 25.9 Å². The number of rotatable bonds is 17. The first kappa shape index (κ1) is 26.1. The quantitative estimate of drug-likeness (QED) is 0.131. The summed E-state index contributed by atoms with van der Waals surface area (Å²) in [6.45, 7) is 3.22. The van der Waals surface area contributed by atoms with Crippen molar-refractivity contribution < 1.29 is 28.6 Å². The molecule has 0 saturated carbocycles. The highest BCUT2D eigenvalue weighted by atomic mass is 16.5. The fourth-order valence-electron chi connectivity index (χ4n) is 2.63. The molecule has 0 bridgehead atoms. The SMILES string of the molecule is CC(=O)N[C@@H](CCC(=O)OCc1ccccc1)C(=O)CCCOCCOCCN=[N+]=[N-]. The van der Waals surface area contributed by atoms with Gasteiger partial charge in [0, 0.05) is 37.8 Å². The average Bonchev–Trinajstić information content (AvgIpc) is 2.76. The Morgan fingerprint density at radius 3 is 2.45 bits per heavy atom. The fourth-order valence-corrected chi connectivity index (χ4v) is 2.63. The van der Waals surface area contributed by atoms with E-state index in [0.717, 1.165) is 5.56 Å². The van der Waals surface area contributed by atoms with Crippen molar-refractivity contribution in [2.24, 2.45) is 5.11 Å². The van der Waals surface area contributed by atoms with E-state index >= 15 is 0 Å². The molecule has 0 unspecified atom stereocenters. The molecule has 31 heavy (non-hydrogen) atoms. The molecule has 1 atom stereocenters. The lowest BCUT2D eigenvalue weighted by atomic mass is 10.0. The summed E-state index contributed by atoms with van der Waals surface area (Å²) in [6, 6.07) is 8.57. The molecule has 1 amide bonds. The number of ether oxygens (including phenoxy) is 3. The number of hydrogen-bond acceptors (Lipinski definition) is 7. The topological polar surface area (TPSA) is 140 Å². The second-order valence-electron chi connectivity index (χ2n) is 6.69. The Balaban J connectivity index is 2.23. The van der Waals surface area contributed by atoms with E-state index < -0.39 is 12.0 Å². The Bertz CT molecular complexity index is 722. The van der Waals surface area contributed by atoms with Crippen molar-refractivity contribution in [2.45, 2.75) is 45.3 Å². The van der Waals surface area contributed by atoms with E-state index in [1.807, 2.05) is 30.3 Å². The predicted molar refractivity (Wildman–Crippen MR) is 113 cm³/mol. The van der Waals surface area contributed by atoms with Crippen LogP contribution in [-0.2, 0) is 35.2 Å². The first-order valence-electron chi connectivity index (χ1n) is 10.2. The summed E-state index contributed by atoms with van der Waals surface area (Å²) in [5.74, 6) is -0.902. The van der Waals surface area contributed by atoms with Crippen LogP contribution < -0.4 is 5.32 Å². The summed E-state index contributed by atoms with van der Waals surface area (Å²) in [5, 5.41) is 5.95. The maximum Gasteiger partial charge on any atom is 0.306 e. The number of benzene rings is 1. The van der Waals surface area contributed by atoms with Gasteiger partial charge in [0.25, 0.3) is 0 Å². The molecule has 0 saturated heterocycles. The summed E-state index contributed by atoms with van der Waals surface area (Å²) < 4.78 is 15.8. The molecule has 0 heterocycles. The van der Waals surface area contributed by atoms with Crippen LogP contribution in [0.4, 0.5) is 0 Å². The van der Waals surface area contributed by atoms with E-state index in [-0.39, 0.29) is 44.1 Å². The van der Waals surface area contributed by atoms with E-state index in [1.54, 1.807) is 0 Å². The van der Waals surface area contributed by atoms with E-state index in [1.165, 1.54) is 6.92 Å². The Labute approximate surface area is 181 Å². The maximum absolute atomic E-state index is 12.4. The van der Waals surface area contributed by atoms with Crippen LogP contribution in [0.15, 0.2) is 35.4 Å². The molecule has 1 N–H and O–H groups in total. The van der Waals surface area contributed by atoms with Gasteiger partial charge in [0.2, 0.25) is 5.91 Å². The Morgan fingerprint density at radius 1 is 1.06 bits per heavy atom. The number of azide groups is 1. The van der Waals surface area contributed by atoms with Crippen LogP contribution in [0.25, 0.3) is 10.4 Å². The number of nitrogens with one attached hydrogen (secondary N) is 1. The predicted octanol–water partition coefficient (Wildman–Crippen LogP) is 2.71. The van der Waals surface area contributed by atoms with Crippen LogP contribution in [0.3, 0.4) is 0 Å². The van der Waals surface area contributed by atoms with Crippen molar-refractivity contribution in [3.8, 4) is 0 Å². The molecule has 1 aromatic rings. The highest BCUT2D eigenvalue weighted by Gasteiger charge is 2.20. The summed E-state index contributed by atoms with van der Waals surface area (Å²) in [6.07, 6.45) is 0.937. The van der Waals surface area contributed by atoms with Gasteiger partial charge in [0.15, 0.2) is 5.78 Å². The minimum Gasteiger partial charge on any atom is -0.461 e. The number of Topliss-reactive ketones (excluding diaryl/α,β-unsaturated/α-hetero) is 1. The van der Waals surface area contributed by atoms with Gasteiger partial charge in [-0.1, -0.05) is 35.4 Å². The largest absolute Gasteiger partial charge is 0.461 e. The number of amides is 1. The van der Waals surface area contributed by atoms with Crippen molar-refractivity contribution in [2.75, 3.05) is 33.0 Å². The second kappa shape index (κ2) is 16.8. The van der Waals surface area contributed by atoms with Crippen LogP contribution in [0.5, 0.6) is 0 Å². The van der Waals surface area contributed by atoms with Gasteiger partial charge in [-0.2, -0.15) is 0 Å². The van der Waals surface area contributed by atoms with Gasteiger partial charge in [-0.05, 0) is 23.9 Å². The molecule has 170 valence electrons. The zero-order chi connectivity index (χ0) is 22.7. The monoisotopic (exact) mass is 434 g/mol. The average molecular weight is 434 g/mol. The molecule has 0 aliphatic heterocycles. The van der Waals surface area contributed by atoms with E-state index in [4.69, 9.17) is 19.7 Å². The minimum absolute atomic E-state index is 0.0349. The molecule has 10 heteroatoms. The van der Waals surface area contributed by atoms with Crippen LogP contribution in [0.2, 0.25) is 0 Å². The van der Waals surface area contributed by atoms with Gasteiger partial charge >= 0.3 is 5.97 Å². The van der Waals surface area contributed by atoms with E-state index in [0.29, 0.717) is 32.8 Å². The highest BCUT2D eigenvalue weighted by Crippen LogP contribution is 2.07.